The Morgan fingerprint density at radius 2 is 1.88 bits per heavy atom. The molecular weight excluding hydrogens is 448 g/mol. The molecule has 9 heteroatoms. The molecule has 1 N–H and O–H groups in total. The number of carbonyl (C=O) groups is 1. The minimum Gasteiger partial charge on any atom is -0.469 e. The van der Waals surface area contributed by atoms with Crippen molar-refractivity contribution in [2.24, 2.45) is 0 Å². The van der Waals surface area contributed by atoms with E-state index in [1.54, 1.807) is 18.5 Å². The molecule has 174 valence electrons. The fraction of sp³-hybridized carbons (Fsp3) is 0.240. The van der Waals surface area contributed by atoms with Crippen LogP contribution in [0.1, 0.15) is 34.0 Å². The zero-order valence-electron chi connectivity index (χ0n) is 19.3. The molecule has 0 bridgehead atoms. The number of benzene rings is 1. The first-order valence-corrected chi connectivity index (χ1v) is 11.7. The van der Waals surface area contributed by atoms with Gasteiger partial charge in [-0.3, -0.25) is 15.1 Å². The number of amides is 1. The van der Waals surface area contributed by atoms with Gasteiger partial charge in [0.2, 0.25) is 11.0 Å². The lowest BCUT2D eigenvalue weighted by Gasteiger charge is -2.22. The largest absolute Gasteiger partial charge is 0.469 e. The average Bonchev–Trinajstić information content (AvgIpc) is 3.32. The van der Waals surface area contributed by atoms with Crippen LogP contribution in [0, 0.1) is 6.92 Å². The molecule has 4 aromatic rings. The fourth-order valence-electron chi connectivity index (χ4n) is 3.34. The number of nitrogens with one attached hydrogen (secondary N) is 1. The molecule has 1 atom stereocenters. The van der Waals surface area contributed by atoms with Crippen LogP contribution in [0.4, 0.5) is 5.13 Å². The van der Waals surface area contributed by atoms with Crippen molar-refractivity contribution in [2.75, 3.05) is 26.0 Å². The summed E-state index contributed by atoms with van der Waals surface area (Å²) in [5, 5.41) is 12.1. The zero-order chi connectivity index (χ0) is 23.9. The van der Waals surface area contributed by atoms with Crippen LogP contribution in [0.3, 0.4) is 0 Å². The van der Waals surface area contributed by atoms with E-state index in [2.05, 4.69) is 42.5 Å². The maximum atomic E-state index is 12.8. The molecule has 0 aliphatic rings. The van der Waals surface area contributed by atoms with Gasteiger partial charge in [-0.1, -0.05) is 41.7 Å². The smallest absolute Gasteiger partial charge is 0.259 e. The first-order chi connectivity index (χ1) is 16.5. The van der Waals surface area contributed by atoms with Gasteiger partial charge in [-0.05, 0) is 44.8 Å². The molecule has 0 aliphatic heterocycles. The van der Waals surface area contributed by atoms with Gasteiger partial charge in [0, 0.05) is 42.7 Å². The van der Waals surface area contributed by atoms with Crippen LogP contribution < -0.4 is 10.1 Å². The van der Waals surface area contributed by atoms with Crippen LogP contribution >= 0.6 is 11.3 Å². The summed E-state index contributed by atoms with van der Waals surface area (Å²) < 4.78 is 6.29. The predicted octanol–water partition coefficient (Wildman–Crippen LogP) is 4.63. The maximum Gasteiger partial charge on any atom is 0.259 e. The Labute approximate surface area is 202 Å². The molecule has 3 heterocycles. The lowest BCUT2D eigenvalue weighted by Crippen LogP contribution is -2.19. The van der Waals surface area contributed by atoms with Gasteiger partial charge >= 0.3 is 0 Å². The van der Waals surface area contributed by atoms with E-state index >= 15 is 0 Å². The second kappa shape index (κ2) is 11.0. The highest BCUT2D eigenvalue weighted by Gasteiger charge is 2.18. The third-order valence-corrected chi connectivity index (χ3v) is 6.02. The number of aryl methyl sites for hydroxylation is 1. The first-order valence-electron chi connectivity index (χ1n) is 10.9. The first kappa shape index (κ1) is 23.5. The highest BCUT2D eigenvalue weighted by Crippen LogP contribution is 2.28. The Balaban J connectivity index is 1.45. The average molecular weight is 475 g/mol. The fourth-order valence-corrected chi connectivity index (χ4v) is 4.08. The molecule has 0 radical (unpaired) electrons. The highest BCUT2D eigenvalue weighted by molar-refractivity contribution is 7.18. The van der Waals surface area contributed by atoms with E-state index in [-0.39, 0.29) is 12.0 Å². The van der Waals surface area contributed by atoms with E-state index in [4.69, 9.17) is 4.74 Å². The number of ether oxygens (including phenoxy) is 1. The van der Waals surface area contributed by atoms with Crippen LogP contribution in [0.15, 0.2) is 67.1 Å². The molecule has 0 saturated heterocycles. The summed E-state index contributed by atoms with van der Waals surface area (Å²) >= 11 is 1.30. The molecule has 1 unspecified atom stereocenters. The highest BCUT2D eigenvalue weighted by atomic mass is 32.1. The Hall–Kier alpha value is -3.69. The summed E-state index contributed by atoms with van der Waals surface area (Å²) in [4.78, 5) is 23.4. The van der Waals surface area contributed by atoms with Crippen molar-refractivity contribution in [3.05, 3.63) is 83.8 Å². The minimum absolute atomic E-state index is 0.137. The van der Waals surface area contributed by atoms with Crippen molar-refractivity contribution in [1.29, 1.82) is 0 Å². The summed E-state index contributed by atoms with van der Waals surface area (Å²) in [6.45, 7) is 2.77. The predicted molar refractivity (Wildman–Crippen MR) is 133 cm³/mol. The number of rotatable bonds is 9. The topological polar surface area (TPSA) is 93.1 Å². The number of anilines is 1. The zero-order valence-corrected chi connectivity index (χ0v) is 20.1. The molecule has 4 rings (SSSR count). The van der Waals surface area contributed by atoms with Crippen molar-refractivity contribution in [3.8, 4) is 16.5 Å². The summed E-state index contributed by atoms with van der Waals surface area (Å²) in [5.41, 5.74) is 3.20. The van der Waals surface area contributed by atoms with E-state index in [1.165, 1.54) is 17.5 Å². The normalized spacial score (nSPS) is 11.9. The van der Waals surface area contributed by atoms with Gasteiger partial charge in [-0.25, -0.2) is 4.98 Å². The molecular formula is C25H26N6O2S. The van der Waals surface area contributed by atoms with Crippen molar-refractivity contribution in [3.63, 3.8) is 0 Å². The molecule has 3 aromatic heterocycles. The molecule has 0 fully saturated rings. The number of aromatic nitrogens is 4. The Morgan fingerprint density at radius 3 is 2.59 bits per heavy atom. The summed E-state index contributed by atoms with van der Waals surface area (Å²) in [6, 6.07) is 15.6. The quantitative estimate of drug-likeness (QED) is 0.378. The Bertz CT molecular complexity index is 1230. The van der Waals surface area contributed by atoms with Gasteiger partial charge < -0.3 is 9.64 Å². The monoisotopic (exact) mass is 474 g/mol. The van der Waals surface area contributed by atoms with Crippen LogP contribution in [0.2, 0.25) is 0 Å². The molecule has 8 nitrogen and oxygen atoms in total. The number of nitrogens with zero attached hydrogens (tertiary/aromatic N) is 5. The van der Waals surface area contributed by atoms with E-state index in [0.29, 0.717) is 21.6 Å². The number of hydrogen-bond acceptors (Lipinski definition) is 8. The minimum atomic E-state index is -0.299. The maximum absolute atomic E-state index is 12.8. The molecule has 1 amide bonds. The van der Waals surface area contributed by atoms with Crippen molar-refractivity contribution in [1.82, 2.24) is 25.1 Å². The van der Waals surface area contributed by atoms with Gasteiger partial charge in [-0.2, -0.15) is 0 Å². The van der Waals surface area contributed by atoms with Crippen LogP contribution in [0.25, 0.3) is 10.6 Å². The summed E-state index contributed by atoms with van der Waals surface area (Å²) in [6.07, 6.45) is 5.59. The van der Waals surface area contributed by atoms with Crippen LogP contribution in [0.5, 0.6) is 5.88 Å². The van der Waals surface area contributed by atoms with Crippen molar-refractivity contribution in [2.45, 2.75) is 19.4 Å². The van der Waals surface area contributed by atoms with E-state index in [9.17, 15) is 4.79 Å². The number of pyridine rings is 2. The molecule has 34 heavy (non-hydrogen) atoms. The Kier molecular flexibility index (Phi) is 7.56. The second-order valence-corrected chi connectivity index (χ2v) is 9.04. The molecule has 1 aromatic carbocycles. The SMILES string of the molecule is Cc1cc(C(=O)Nc2nnc(-c3ccncc3)s2)cnc1OC(CCN(C)C)c1ccccc1. The van der Waals surface area contributed by atoms with Gasteiger partial charge in [0.05, 0.1) is 5.56 Å². The van der Waals surface area contributed by atoms with E-state index < -0.39 is 0 Å². The third kappa shape index (κ3) is 6.00. The lowest BCUT2D eigenvalue weighted by molar-refractivity contribution is 0.102. The van der Waals surface area contributed by atoms with Crippen LogP contribution in [-0.2, 0) is 0 Å². The summed E-state index contributed by atoms with van der Waals surface area (Å²) in [5.74, 6) is 0.215. The Morgan fingerprint density at radius 1 is 1.12 bits per heavy atom. The molecule has 0 aliphatic carbocycles. The van der Waals surface area contributed by atoms with Gasteiger partial charge in [0.25, 0.3) is 5.91 Å². The summed E-state index contributed by atoms with van der Waals surface area (Å²) in [7, 11) is 4.08. The molecule has 0 saturated carbocycles. The van der Waals surface area contributed by atoms with Crippen LogP contribution in [-0.4, -0.2) is 51.6 Å². The second-order valence-electron chi connectivity index (χ2n) is 8.06. The lowest BCUT2D eigenvalue weighted by atomic mass is 10.1. The van der Waals surface area contributed by atoms with E-state index in [1.807, 2.05) is 51.4 Å². The number of hydrogen-bond donors (Lipinski definition) is 1. The number of carbonyl (C=O) groups excluding carboxylic acids is 1. The van der Waals surface area contributed by atoms with Gasteiger partial charge in [0.1, 0.15) is 11.1 Å². The van der Waals surface area contributed by atoms with Crippen molar-refractivity contribution < 1.29 is 9.53 Å². The standard InChI is InChI=1S/C25H26N6O2S/c1-17-15-20(22(32)28-25-30-29-24(34-25)19-9-12-26-13-10-19)16-27-23(17)33-21(11-14-31(2)3)18-7-5-4-6-8-18/h4-10,12-13,15-16,21H,11,14H2,1-3H3,(H,28,30,32). The molecule has 0 spiro atoms. The van der Waals surface area contributed by atoms with E-state index in [0.717, 1.165) is 29.7 Å². The van der Waals surface area contributed by atoms with Gasteiger partial charge in [-0.15, -0.1) is 10.2 Å². The third-order valence-electron chi connectivity index (χ3n) is 5.13. The van der Waals surface area contributed by atoms with Crippen molar-refractivity contribution >= 4 is 22.4 Å². The van der Waals surface area contributed by atoms with Gasteiger partial charge in [0.15, 0.2) is 0 Å².